The molecule has 4 rings (SSSR count). The molecule has 0 aliphatic carbocycles. The van der Waals surface area contributed by atoms with Gasteiger partial charge in [0.25, 0.3) is 0 Å². The first kappa shape index (κ1) is 17.5. The molecule has 136 valence electrons. The Balaban J connectivity index is 1.59. The molecular formula is C20H18N4O2S. The maximum absolute atomic E-state index is 12.9. The number of aryl methyl sites for hydroxylation is 2. The van der Waals surface area contributed by atoms with Crippen molar-refractivity contribution in [3.8, 4) is 5.82 Å². The van der Waals surface area contributed by atoms with Crippen molar-refractivity contribution in [1.82, 2.24) is 19.9 Å². The molecule has 1 aromatic carbocycles. The van der Waals surface area contributed by atoms with Crippen molar-refractivity contribution in [2.75, 3.05) is 5.75 Å². The van der Waals surface area contributed by atoms with Crippen LogP contribution in [0, 0.1) is 20.8 Å². The van der Waals surface area contributed by atoms with Crippen LogP contribution in [0.2, 0.25) is 0 Å². The average molecular weight is 378 g/mol. The summed E-state index contributed by atoms with van der Waals surface area (Å²) in [5.41, 5.74) is 2.49. The molecule has 0 aliphatic rings. The smallest absolute Gasteiger partial charge is 0.180 e. The lowest BCUT2D eigenvalue weighted by Crippen LogP contribution is -2.06. The Bertz CT molecular complexity index is 1140. The number of ketones is 1. The van der Waals surface area contributed by atoms with Gasteiger partial charge >= 0.3 is 0 Å². The van der Waals surface area contributed by atoms with Gasteiger partial charge in [-0.1, -0.05) is 41.2 Å². The zero-order chi connectivity index (χ0) is 19.0. The lowest BCUT2D eigenvalue weighted by molar-refractivity contribution is 0.102. The largest absolute Gasteiger partial charge is 0.360 e. The maximum atomic E-state index is 12.9. The van der Waals surface area contributed by atoms with Gasteiger partial charge < -0.3 is 4.52 Å². The molecule has 0 fully saturated rings. The van der Waals surface area contributed by atoms with Crippen LogP contribution in [0.5, 0.6) is 0 Å². The second-order valence-electron chi connectivity index (χ2n) is 6.36. The third kappa shape index (κ3) is 3.26. The number of aromatic nitrogens is 4. The third-order valence-corrected chi connectivity index (χ3v) is 5.43. The molecule has 0 unspecified atom stereocenters. The Morgan fingerprint density at radius 1 is 1.19 bits per heavy atom. The van der Waals surface area contributed by atoms with E-state index < -0.39 is 0 Å². The number of carbonyl (C=O) groups is 1. The molecule has 0 saturated carbocycles. The number of carbonyl (C=O) groups excluding carboxylic acids is 1. The van der Waals surface area contributed by atoms with Crippen LogP contribution in [0.1, 0.15) is 27.5 Å². The standard InChI is InChI=1S/C20H18N4O2S/c1-12-8-17(14(3)24(12)19-9-13(2)26-23-19)18(25)11-27-20-16-7-5-4-6-15(16)10-21-22-20/h4-10H,11H2,1-3H3. The quantitative estimate of drug-likeness (QED) is 0.381. The molecule has 3 heterocycles. The summed E-state index contributed by atoms with van der Waals surface area (Å²) < 4.78 is 7.11. The first-order valence-electron chi connectivity index (χ1n) is 8.53. The highest BCUT2D eigenvalue weighted by Crippen LogP contribution is 2.27. The maximum Gasteiger partial charge on any atom is 0.180 e. The minimum Gasteiger partial charge on any atom is -0.360 e. The summed E-state index contributed by atoms with van der Waals surface area (Å²) in [6.45, 7) is 5.72. The number of hydrogen-bond donors (Lipinski definition) is 0. The van der Waals surface area contributed by atoms with Gasteiger partial charge in [0.1, 0.15) is 10.8 Å². The Morgan fingerprint density at radius 3 is 2.78 bits per heavy atom. The summed E-state index contributed by atoms with van der Waals surface area (Å²) in [6, 6.07) is 11.7. The minimum atomic E-state index is 0.0503. The number of rotatable bonds is 5. The van der Waals surface area contributed by atoms with Crippen molar-refractivity contribution in [1.29, 1.82) is 0 Å². The molecule has 0 N–H and O–H groups in total. The SMILES string of the molecule is Cc1cc(-n2c(C)cc(C(=O)CSc3nncc4ccccc34)c2C)no1. The molecule has 0 amide bonds. The van der Waals surface area contributed by atoms with E-state index in [-0.39, 0.29) is 5.78 Å². The summed E-state index contributed by atoms with van der Waals surface area (Å²) >= 11 is 1.41. The lowest BCUT2D eigenvalue weighted by Gasteiger charge is -2.06. The van der Waals surface area contributed by atoms with E-state index >= 15 is 0 Å². The van der Waals surface area contributed by atoms with E-state index in [0.29, 0.717) is 17.1 Å². The van der Waals surface area contributed by atoms with Gasteiger partial charge in [0.15, 0.2) is 11.6 Å². The third-order valence-electron chi connectivity index (χ3n) is 4.45. The highest BCUT2D eigenvalue weighted by atomic mass is 32.2. The van der Waals surface area contributed by atoms with Gasteiger partial charge in [-0.05, 0) is 26.8 Å². The Kier molecular flexibility index (Phi) is 4.53. The molecule has 4 aromatic rings. The van der Waals surface area contributed by atoms with E-state index in [1.807, 2.05) is 61.7 Å². The predicted octanol–water partition coefficient (Wildman–Crippen LogP) is 4.31. The fourth-order valence-electron chi connectivity index (χ4n) is 3.18. The number of benzene rings is 1. The number of fused-ring (bicyclic) bond motifs is 1. The summed E-state index contributed by atoms with van der Waals surface area (Å²) in [6.07, 6.45) is 1.73. The lowest BCUT2D eigenvalue weighted by atomic mass is 10.2. The summed E-state index contributed by atoms with van der Waals surface area (Å²) in [7, 11) is 0. The van der Waals surface area contributed by atoms with Crippen molar-refractivity contribution in [2.24, 2.45) is 0 Å². The fraction of sp³-hybridized carbons (Fsp3) is 0.200. The van der Waals surface area contributed by atoms with Crippen LogP contribution >= 0.6 is 11.8 Å². The first-order chi connectivity index (χ1) is 13.0. The van der Waals surface area contributed by atoms with Gasteiger partial charge in [0.05, 0.1) is 11.9 Å². The molecule has 0 aliphatic heterocycles. The van der Waals surface area contributed by atoms with Crippen LogP contribution in [-0.4, -0.2) is 31.5 Å². The van der Waals surface area contributed by atoms with Crippen LogP contribution in [0.25, 0.3) is 16.6 Å². The summed E-state index contributed by atoms with van der Waals surface area (Å²) in [5, 5.41) is 15.1. The van der Waals surface area contributed by atoms with Gasteiger partial charge in [0, 0.05) is 33.8 Å². The van der Waals surface area contributed by atoms with Crippen LogP contribution in [0.4, 0.5) is 0 Å². The topological polar surface area (TPSA) is 73.8 Å². The highest BCUT2D eigenvalue weighted by molar-refractivity contribution is 8.00. The predicted molar refractivity (Wildman–Crippen MR) is 105 cm³/mol. The van der Waals surface area contributed by atoms with E-state index in [4.69, 9.17) is 4.52 Å². The van der Waals surface area contributed by atoms with Crippen LogP contribution in [0.3, 0.4) is 0 Å². The molecule has 6 nitrogen and oxygen atoms in total. The number of hydrogen-bond acceptors (Lipinski definition) is 6. The van der Waals surface area contributed by atoms with Crippen molar-refractivity contribution >= 4 is 28.3 Å². The zero-order valence-corrected chi connectivity index (χ0v) is 16.1. The van der Waals surface area contributed by atoms with Crippen molar-refractivity contribution in [2.45, 2.75) is 25.8 Å². The van der Waals surface area contributed by atoms with Crippen LogP contribution in [0.15, 0.2) is 52.1 Å². The van der Waals surface area contributed by atoms with Crippen LogP contribution < -0.4 is 0 Å². The summed E-state index contributed by atoms with van der Waals surface area (Å²) in [5.74, 6) is 1.77. The molecule has 0 atom stereocenters. The second kappa shape index (κ2) is 7.00. The van der Waals surface area contributed by atoms with E-state index in [1.165, 1.54) is 11.8 Å². The molecule has 7 heteroatoms. The first-order valence-corrected chi connectivity index (χ1v) is 9.52. The monoisotopic (exact) mass is 378 g/mol. The van der Waals surface area contributed by atoms with Crippen molar-refractivity contribution < 1.29 is 9.32 Å². The number of thioether (sulfide) groups is 1. The molecule has 27 heavy (non-hydrogen) atoms. The van der Waals surface area contributed by atoms with Gasteiger partial charge in [-0.2, -0.15) is 5.10 Å². The highest BCUT2D eigenvalue weighted by Gasteiger charge is 2.19. The van der Waals surface area contributed by atoms with E-state index in [1.54, 1.807) is 6.20 Å². The molecule has 3 aromatic heterocycles. The average Bonchev–Trinajstić information content (AvgIpc) is 3.22. The van der Waals surface area contributed by atoms with E-state index in [9.17, 15) is 4.79 Å². The van der Waals surface area contributed by atoms with E-state index in [0.717, 1.165) is 32.9 Å². The Morgan fingerprint density at radius 2 is 2.00 bits per heavy atom. The fourth-order valence-corrected chi connectivity index (χ4v) is 4.05. The molecule has 0 spiro atoms. The molecular weight excluding hydrogens is 360 g/mol. The van der Waals surface area contributed by atoms with E-state index in [2.05, 4.69) is 15.4 Å². The van der Waals surface area contributed by atoms with Crippen LogP contribution in [-0.2, 0) is 0 Å². The van der Waals surface area contributed by atoms with Gasteiger partial charge in [-0.3, -0.25) is 9.36 Å². The molecule has 0 bridgehead atoms. The molecule has 0 radical (unpaired) electrons. The summed E-state index contributed by atoms with van der Waals surface area (Å²) in [4.78, 5) is 12.9. The van der Waals surface area contributed by atoms with Crippen molar-refractivity contribution in [3.05, 3.63) is 65.3 Å². The number of nitrogens with zero attached hydrogens (tertiary/aromatic N) is 4. The van der Waals surface area contributed by atoms with Gasteiger partial charge in [-0.25, -0.2) is 0 Å². The second-order valence-corrected chi connectivity index (χ2v) is 7.33. The van der Waals surface area contributed by atoms with Gasteiger partial charge in [0.2, 0.25) is 0 Å². The molecule has 0 saturated heterocycles. The Hall–Kier alpha value is -2.93. The zero-order valence-electron chi connectivity index (χ0n) is 15.3. The normalized spacial score (nSPS) is 11.2. The van der Waals surface area contributed by atoms with Crippen molar-refractivity contribution in [3.63, 3.8) is 0 Å². The minimum absolute atomic E-state index is 0.0503. The number of Topliss-reactive ketones (excluding diaryl/α,β-unsaturated/α-hetero) is 1. The Labute approximate surface area is 160 Å². The van der Waals surface area contributed by atoms with Gasteiger partial charge in [-0.15, -0.1) is 5.10 Å².